The summed E-state index contributed by atoms with van der Waals surface area (Å²) in [5.74, 6) is 1.89. The third kappa shape index (κ3) is 2.86. The van der Waals surface area contributed by atoms with Gasteiger partial charge in [-0.2, -0.15) is 0 Å². The third-order valence-corrected chi connectivity index (χ3v) is 2.27. The van der Waals surface area contributed by atoms with Crippen LogP contribution in [0.25, 0.3) is 0 Å². The second kappa shape index (κ2) is 4.62. The fourth-order valence-electron chi connectivity index (χ4n) is 1.54. The lowest BCUT2D eigenvalue weighted by Gasteiger charge is -2.14. The molecule has 0 saturated carbocycles. The van der Waals surface area contributed by atoms with Crippen molar-refractivity contribution in [3.63, 3.8) is 0 Å². The largest absolute Gasteiger partial charge is 0.466 e. The van der Waals surface area contributed by atoms with Gasteiger partial charge < -0.3 is 14.8 Å². The number of rotatable bonds is 4. The van der Waals surface area contributed by atoms with Gasteiger partial charge in [-0.05, 0) is 33.8 Å². The van der Waals surface area contributed by atoms with Crippen LogP contribution in [0, 0.1) is 13.8 Å². The Balaban J connectivity index is 2.60. The van der Waals surface area contributed by atoms with Crippen molar-refractivity contribution in [3.8, 4) is 0 Å². The molecule has 0 spiro atoms. The Labute approximate surface area is 85.1 Å². The highest BCUT2D eigenvalue weighted by atomic mass is 16.3. The van der Waals surface area contributed by atoms with E-state index in [2.05, 4.69) is 12.2 Å². The summed E-state index contributed by atoms with van der Waals surface area (Å²) in [7, 11) is 0. The van der Waals surface area contributed by atoms with Gasteiger partial charge in [-0.25, -0.2) is 0 Å². The summed E-state index contributed by atoms with van der Waals surface area (Å²) >= 11 is 0. The topological polar surface area (TPSA) is 45.4 Å². The first-order chi connectivity index (χ1) is 6.50. The summed E-state index contributed by atoms with van der Waals surface area (Å²) in [4.78, 5) is 0. The van der Waals surface area contributed by atoms with Crippen molar-refractivity contribution in [2.75, 3.05) is 6.54 Å². The van der Waals surface area contributed by atoms with Gasteiger partial charge >= 0.3 is 0 Å². The van der Waals surface area contributed by atoms with E-state index in [1.54, 1.807) is 6.92 Å². The van der Waals surface area contributed by atoms with Crippen LogP contribution in [-0.2, 0) is 0 Å². The van der Waals surface area contributed by atoms with Gasteiger partial charge in [0.1, 0.15) is 11.5 Å². The standard InChI is InChI=1S/C11H19NO2/c1-7(13)6-12-9(3)11-5-8(2)14-10(11)4/h5,7,9,12-13H,6H2,1-4H3/t7-,9?/m0/s1. The number of hydrogen-bond donors (Lipinski definition) is 2. The fraction of sp³-hybridized carbons (Fsp3) is 0.636. The lowest BCUT2D eigenvalue weighted by molar-refractivity contribution is 0.187. The Hall–Kier alpha value is -0.800. The number of hydrogen-bond acceptors (Lipinski definition) is 3. The van der Waals surface area contributed by atoms with E-state index >= 15 is 0 Å². The van der Waals surface area contributed by atoms with Gasteiger partial charge in [0.25, 0.3) is 0 Å². The summed E-state index contributed by atoms with van der Waals surface area (Å²) < 4.78 is 5.44. The molecule has 0 bridgehead atoms. The zero-order valence-electron chi connectivity index (χ0n) is 9.29. The van der Waals surface area contributed by atoms with Gasteiger partial charge in [-0.3, -0.25) is 0 Å². The van der Waals surface area contributed by atoms with Crippen LogP contribution in [-0.4, -0.2) is 17.8 Å². The lowest BCUT2D eigenvalue weighted by Crippen LogP contribution is -2.27. The Morgan fingerprint density at radius 3 is 2.50 bits per heavy atom. The number of nitrogens with one attached hydrogen (secondary N) is 1. The molecule has 0 fully saturated rings. The monoisotopic (exact) mass is 197 g/mol. The molecule has 80 valence electrons. The van der Waals surface area contributed by atoms with Crippen LogP contribution < -0.4 is 5.32 Å². The normalized spacial score (nSPS) is 15.5. The van der Waals surface area contributed by atoms with Crippen molar-refractivity contribution in [1.29, 1.82) is 0 Å². The first kappa shape index (κ1) is 11.3. The molecule has 2 atom stereocenters. The minimum absolute atomic E-state index is 0.224. The van der Waals surface area contributed by atoms with Gasteiger partial charge in [0.05, 0.1) is 6.10 Å². The maximum atomic E-state index is 9.14. The van der Waals surface area contributed by atoms with Crippen molar-refractivity contribution in [2.45, 2.75) is 39.8 Å². The summed E-state index contributed by atoms with van der Waals surface area (Å²) in [6.45, 7) is 8.35. The van der Waals surface area contributed by atoms with Crippen molar-refractivity contribution >= 4 is 0 Å². The molecule has 0 saturated heterocycles. The molecule has 1 aromatic rings. The lowest BCUT2D eigenvalue weighted by atomic mass is 10.1. The highest BCUT2D eigenvalue weighted by molar-refractivity contribution is 5.23. The Morgan fingerprint density at radius 1 is 1.43 bits per heavy atom. The maximum Gasteiger partial charge on any atom is 0.105 e. The molecular formula is C11H19NO2. The first-order valence-electron chi connectivity index (χ1n) is 4.99. The molecule has 14 heavy (non-hydrogen) atoms. The smallest absolute Gasteiger partial charge is 0.105 e. The van der Waals surface area contributed by atoms with E-state index in [-0.39, 0.29) is 12.1 Å². The number of furan rings is 1. The Morgan fingerprint density at radius 2 is 2.07 bits per heavy atom. The predicted octanol–water partition coefficient (Wildman–Crippen LogP) is 1.93. The molecular weight excluding hydrogens is 178 g/mol. The van der Waals surface area contributed by atoms with E-state index in [0.29, 0.717) is 6.54 Å². The van der Waals surface area contributed by atoms with Crippen LogP contribution in [0.5, 0.6) is 0 Å². The Bertz CT molecular complexity index is 291. The summed E-state index contributed by atoms with van der Waals surface area (Å²) in [5.41, 5.74) is 1.17. The average molecular weight is 197 g/mol. The molecule has 0 aliphatic carbocycles. The van der Waals surface area contributed by atoms with E-state index in [4.69, 9.17) is 9.52 Å². The summed E-state index contributed by atoms with van der Waals surface area (Å²) in [6, 6.07) is 2.26. The minimum Gasteiger partial charge on any atom is -0.466 e. The number of aliphatic hydroxyl groups is 1. The van der Waals surface area contributed by atoms with Gasteiger partial charge in [-0.1, -0.05) is 0 Å². The number of aliphatic hydroxyl groups excluding tert-OH is 1. The molecule has 3 nitrogen and oxygen atoms in total. The summed E-state index contributed by atoms with van der Waals surface area (Å²) in [6.07, 6.45) is -0.314. The second-order valence-corrected chi connectivity index (χ2v) is 3.85. The first-order valence-corrected chi connectivity index (χ1v) is 4.99. The molecule has 1 unspecified atom stereocenters. The van der Waals surface area contributed by atoms with Crippen molar-refractivity contribution in [3.05, 3.63) is 23.2 Å². The van der Waals surface area contributed by atoms with E-state index in [0.717, 1.165) is 11.5 Å². The maximum absolute atomic E-state index is 9.14. The van der Waals surface area contributed by atoms with Gasteiger partial charge in [-0.15, -0.1) is 0 Å². The van der Waals surface area contributed by atoms with Crippen LogP contribution in [0.1, 0.15) is 37.0 Å². The fourth-order valence-corrected chi connectivity index (χ4v) is 1.54. The second-order valence-electron chi connectivity index (χ2n) is 3.85. The quantitative estimate of drug-likeness (QED) is 0.775. The van der Waals surface area contributed by atoms with Gasteiger partial charge in [0.15, 0.2) is 0 Å². The van der Waals surface area contributed by atoms with Crippen molar-refractivity contribution in [1.82, 2.24) is 5.32 Å². The minimum atomic E-state index is -0.314. The van der Waals surface area contributed by atoms with Gasteiger partial charge in [0, 0.05) is 18.2 Å². The van der Waals surface area contributed by atoms with Crippen molar-refractivity contribution in [2.24, 2.45) is 0 Å². The van der Waals surface area contributed by atoms with Crippen molar-refractivity contribution < 1.29 is 9.52 Å². The highest BCUT2D eigenvalue weighted by Crippen LogP contribution is 2.20. The highest BCUT2D eigenvalue weighted by Gasteiger charge is 2.12. The molecule has 1 rings (SSSR count). The van der Waals surface area contributed by atoms with E-state index < -0.39 is 0 Å². The predicted molar refractivity (Wildman–Crippen MR) is 56.3 cm³/mol. The zero-order chi connectivity index (χ0) is 10.7. The molecule has 1 aromatic heterocycles. The number of aryl methyl sites for hydroxylation is 2. The molecule has 0 aromatic carbocycles. The molecule has 0 radical (unpaired) electrons. The van der Waals surface area contributed by atoms with Crippen LogP contribution in [0.4, 0.5) is 0 Å². The zero-order valence-corrected chi connectivity index (χ0v) is 9.29. The van der Waals surface area contributed by atoms with Crippen LogP contribution in [0.3, 0.4) is 0 Å². The van der Waals surface area contributed by atoms with Crippen LogP contribution >= 0.6 is 0 Å². The average Bonchev–Trinajstić information content (AvgIpc) is 2.41. The molecule has 0 aliphatic rings. The van der Waals surface area contributed by atoms with E-state index in [1.165, 1.54) is 5.56 Å². The third-order valence-electron chi connectivity index (χ3n) is 2.27. The Kier molecular flexibility index (Phi) is 3.72. The van der Waals surface area contributed by atoms with E-state index in [9.17, 15) is 0 Å². The molecule has 1 heterocycles. The van der Waals surface area contributed by atoms with Crippen LogP contribution in [0.2, 0.25) is 0 Å². The SMILES string of the molecule is Cc1cc(C(C)NC[C@H](C)O)c(C)o1. The summed E-state index contributed by atoms with van der Waals surface area (Å²) in [5, 5.41) is 12.4. The molecule has 3 heteroatoms. The molecule has 0 amide bonds. The van der Waals surface area contributed by atoms with Gasteiger partial charge in [0.2, 0.25) is 0 Å². The molecule has 2 N–H and O–H groups in total. The molecule has 0 aliphatic heterocycles. The van der Waals surface area contributed by atoms with Crippen LogP contribution in [0.15, 0.2) is 10.5 Å². The van der Waals surface area contributed by atoms with E-state index in [1.807, 2.05) is 19.9 Å².